The number of aromatic nitrogens is 2. The summed E-state index contributed by atoms with van der Waals surface area (Å²) in [4.78, 5) is 22.3. The highest BCUT2D eigenvalue weighted by atomic mass is 16.5. The topological polar surface area (TPSA) is 95.8 Å². The van der Waals surface area contributed by atoms with E-state index in [-0.39, 0.29) is 29.2 Å². The van der Waals surface area contributed by atoms with Crippen LogP contribution in [0.1, 0.15) is 12.8 Å². The van der Waals surface area contributed by atoms with Gasteiger partial charge in [0.1, 0.15) is 0 Å². The number of rotatable bonds is 3. The molecule has 1 saturated carbocycles. The number of methoxy groups -OCH3 is 1. The molecule has 1 aromatic rings. The van der Waals surface area contributed by atoms with Crippen molar-refractivity contribution >= 4 is 24.5 Å². The van der Waals surface area contributed by atoms with Gasteiger partial charge in [0.2, 0.25) is 5.95 Å². The SMILES string of the molecule is COC(=O)C1[C@@H]2CC[C@H]1CN(c1ncc(B(O)O)cn1)C2. The molecule has 7 nitrogen and oxygen atoms in total. The minimum Gasteiger partial charge on any atom is -0.469 e. The molecule has 0 aromatic carbocycles. The molecular weight excluding hydrogens is 273 g/mol. The predicted molar refractivity (Wildman–Crippen MR) is 75.8 cm³/mol. The zero-order valence-corrected chi connectivity index (χ0v) is 11.8. The summed E-state index contributed by atoms with van der Waals surface area (Å²) in [5.74, 6) is 1.01. The first-order chi connectivity index (χ1) is 10.1. The molecule has 0 radical (unpaired) electrons. The molecule has 1 unspecified atom stereocenters. The largest absolute Gasteiger partial charge is 0.491 e. The minimum absolute atomic E-state index is 0.00946. The predicted octanol–water partition coefficient (Wildman–Crippen LogP) is -1.21. The van der Waals surface area contributed by atoms with Gasteiger partial charge in [-0.15, -0.1) is 0 Å². The first-order valence-electron chi connectivity index (χ1n) is 7.11. The van der Waals surface area contributed by atoms with Crippen molar-refractivity contribution in [3.8, 4) is 0 Å². The van der Waals surface area contributed by atoms with E-state index < -0.39 is 7.12 Å². The molecule has 2 fully saturated rings. The van der Waals surface area contributed by atoms with Gasteiger partial charge in [-0.1, -0.05) is 0 Å². The van der Waals surface area contributed by atoms with Gasteiger partial charge in [0.15, 0.2) is 0 Å². The fourth-order valence-corrected chi connectivity index (χ4v) is 3.53. The van der Waals surface area contributed by atoms with Gasteiger partial charge in [0.05, 0.1) is 13.0 Å². The Kier molecular flexibility index (Phi) is 3.82. The Hall–Kier alpha value is -1.67. The maximum absolute atomic E-state index is 11.9. The Labute approximate surface area is 123 Å². The molecular formula is C13H18BN3O4. The van der Waals surface area contributed by atoms with Crippen molar-refractivity contribution in [1.82, 2.24) is 9.97 Å². The van der Waals surface area contributed by atoms with Crippen LogP contribution in [0.2, 0.25) is 0 Å². The van der Waals surface area contributed by atoms with E-state index in [1.807, 2.05) is 0 Å². The van der Waals surface area contributed by atoms with E-state index in [2.05, 4.69) is 14.9 Å². The van der Waals surface area contributed by atoms with Gasteiger partial charge in [-0.2, -0.15) is 0 Å². The zero-order chi connectivity index (χ0) is 15.0. The molecule has 2 heterocycles. The molecule has 3 atom stereocenters. The normalized spacial score (nSPS) is 27.6. The molecule has 1 saturated heterocycles. The second-order valence-electron chi connectivity index (χ2n) is 5.74. The van der Waals surface area contributed by atoms with Crippen molar-refractivity contribution in [2.24, 2.45) is 17.8 Å². The molecule has 112 valence electrons. The van der Waals surface area contributed by atoms with Crippen molar-refractivity contribution in [2.45, 2.75) is 12.8 Å². The third-order valence-corrected chi connectivity index (χ3v) is 4.55. The second kappa shape index (κ2) is 5.61. The molecule has 2 aliphatic rings. The number of piperidine rings is 1. The van der Waals surface area contributed by atoms with Crippen LogP contribution in [0.3, 0.4) is 0 Å². The Morgan fingerprint density at radius 2 is 1.86 bits per heavy atom. The second-order valence-corrected chi connectivity index (χ2v) is 5.74. The van der Waals surface area contributed by atoms with Crippen molar-refractivity contribution in [3.63, 3.8) is 0 Å². The van der Waals surface area contributed by atoms with E-state index in [1.54, 1.807) is 0 Å². The summed E-state index contributed by atoms with van der Waals surface area (Å²) >= 11 is 0. The first-order valence-corrected chi connectivity index (χ1v) is 7.11. The standard InChI is InChI=1S/C13H18BN3O4/c1-21-12(18)11-8-2-3-9(11)7-17(6-8)13-15-4-10(5-16-13)14(19)20/h4-5,8-9,11,19-20H,2-3,6-7H2,1H3/t8-,9+,11?. The summed E-state index contributed by atoms with van der Waals surface area (Å²) in [5.41, 5.74) is 0.270. The molecule has 1 aromatic heterocycles. The van der Waals surface area contributed by atoms with Crippen LogP contribution < -0.4 is 10.4 Å². The van der Waals surface area contributed by atoms with Crippen LogP contribution in [0.25, 0.3) is 0 Å². The third-order valence-electron chi connectivity index (χ3n) is 4.55. The summed E-state index contributed by atoms with van der Waals surface area (Å²) in [6, 6.07) is 0. The van der Waals surface area contributed by atoms with E-state index in [1.165, 1.54) is 19.5 Å². The molecule has 1 aliphatic heterocycles. The lowest BCUT2D eigenvalue weighted by molar-refractivity contribution is -0.148. The number of carbonyl (C=O) groups is 1. The maximum atomic E-state index is 11.9. The molecule has 0 amide bonds. The molecule has 2 bridgehead atoms. The number of anilines is 1. The molecule has 0 spiro atoms. The summed E-state index contributed by atoms with van der Waals surface area (Å²) in [6.45, 7) is 1.47. The highest BCUT2D eigenvalue weighted by Crippen LogP contribution is 2.43. The summed E-state index contributed by atoms with van der Waals surface area (Å²) in [7, 11) is -0.115. The number of hydrogen-bond acceptors (Lipinski definition) is 7. The van der Waals surface area contributed by atoms with E-state index >= 15 is 0 Å². The monoisotopic (exact) mass is 291 g/mol. The van der Waals surface area contributed by atoms with E-state index in [4.69, 9.17) is 14.8 Å². The van der Waals surface area contributed by atoms with Crippen LogP contribution in [0.5, 0.6) is 0 Å². The molecule has 8 heteroatoms. The summed E-state index contributed by atoms with van der Waals surface area (Å²) in [6.07, 6.45) is 4.88. The molecule has 21 heavy (non-hydrogen) atoms. The summed E-state index contributed by atoms with van der Waals surface area (Å²) < 4.78 is 4.91. The lowest BCUT2D eigenvalue weighted by Crippen LogP contribution is -2.46. The Balaban J connectivity index is 1.74. The van der Waals surface area contributed by atoms with Gasteiger partial charge < -0.3 is 19.7 Å². The number of fused-ring (bicyclic) bond motifs is 2. The number of carbonyl (C=O) groups excluding carboxylic acids is 1. The van der Waals surface area contributed by atoms with E-state index in [9.17, 15) is 4.79 Å². The van der Waals surface area contributed by atoms with E-state index in [0.29, 0.717) is 5.95 Å². The molecule has 2 N–H and O–H groups in total. The average molecular weight is 291 g/mol. The lowest BCUT2D eigenvalue weighted by atomic mass is 9.83. The van der Waals surface area contributed by atoms with Crippen LogP contribution in [0.4, 0.5) is 5.95 Å². The third kappa shape index (κ3) is 2.61. The first kappa shape index (κ1) is 14.3. The van der Waals surface area contributed by atoms with Crippen molar-refractivity contribution in [2.75, 3.05) is 25.1 Å². The van der Waals surface area contributed by atoms with Crippen molar-refractivity contribution in [3.05, 3.63) is 12.4 Å². The Morgan fingerprint density at radius 1 is 1.29 bits per heavy atom. The fraction of sp³-hybridized carbons (Fsp3) is 0.615. The van der Waals surface area contributed by atoms with Crippen LogP contribution >= 0.6 is 0 Å². The highest BCUT2D eigenvalue weighted by molar-refractivity contribution is 6.58. The lowest BCUT2D eigenvalue weighted by Gasteiger charge is -2.36. The van der Waals surface area contributed by atoms with Crippen LogP contribution in [0.15, 0.2) is 12.4 Å². The number of nitrogens with zero attached hydrogens (tertiary/aromatic N) is 3. The molecule has 1 aliphatic carbocycles. The highest BCUT2D eigenvalue weighted by Gasteiger charge is 2.46. The Bertz CT molecular complexity index is 511. The zero-order valence-electron chi connectivity index (χ0n) is 11.8. The van der Waals surface area contributed by atoms with Gasteiger partial charge in [-0.05, 0) is 24.7 Å². The maximum Gasteiger partial charge on any atom is 0.491 e. The van der Waals surface area contributed by atoms with E-state index in [0.717, 1.165) is 25.9 Å². The van der Waals surface area contributed by atoms with Crippen molar-refractivity contribution < 1.29 is 19.6 Å². The van der Waals surface area contributed by atoms with Crippen LogP contribution in [-0.2, 0) is 9.53 Å². The van der Waals surface area contributed by atoms with Crippen molar-refractivity contribution in [1.29, 1.82) is 0 Å². The van der Waals surface area contributed by atoms with Gasteiger partial charge in [-0.3, -0.25) is 4.79 Å². The fourth-order valence-electron chi connectivity index (χ4n) is 3.53. The number of ether oxygens (including phenoxy) is 1. The quantitative estimate of drug-likeness (QED) is 0.533. The molecule has 3 rings (SSSR count). The minimum atomic E-state index is -1.56. The summed E-state index contributed by atoms with van der Waals surface area (Å²) in [5, 5.41) is 18.1. The van der Waals surface area contributed by atoms with Gasteiger partial charge in [0, 0.05) is 30.9 Å². The average Bonchev–Trinajstić information content (AvgIpc) is 2.76. The number of esters is 1. The number of hydrogen-bond donors (Lipinski definition) is 2. The van der Waals surface area contributed by atoms with Gasteiger partial charge >= 0.3 is 13.1 Å². The van der Waals surface area contributed by atoms with Crippen LogP contribution in [0, 0.1) is 17.8 Å². The van der Waals surface area contributed by atoms with Gasteiger partial charge in [-0.25, -0.2) is 9.97 Å². The van der Waals surface area contributed by atoms with Gasteiger partial charge in [0.25, 0.3) is 0 Å². The smallest absolute Gasteiger partial charge is 0.469 e. The Morgan fingerprint density at radius 3 is 2.33 bits per heavy atom. The van der Waals surface area contributed by atoms with Crippen LogP contribution in [-0.4, -0.2) is 53.3 Å².